The Morgan fingerprint density at radius 2 is 1.00 bits per heavy atom. The van der Waals surface area contributed by atoms with Gasteiger partial charge in [0.1, 0.15) is 0 Å². The highest BCUT2D eigenvalue weighted by Crippen LogP contribution is 1.96. The predicted octanol–water partition coefficient (Wildman–Crippen LogP) is 2.90. The molecular formula is C14H14N2. The van der Waals surface area contributed by atoms with Gasteiger partial charge in [-0.3, -0.25) is 9.97 Å². The standard InChI is InChI=1S/C12H8N2.C2H6/c1(11-3-7-13-8-4-11)2-12-5-9-14-10-6-12;1-2/h3-10H;1-2H3. The SMILES string of the molecule is C(#Cc1ccncc1)c1ccncc1.CC. The molecule has 0 unspecified atom stereocenters. The summed E-state index contributed by atoms with van der Waals surface area (Å²) in [5.74, 6) is 6.09. The molecule has 2 rings (SSSR count). The van der Waals surface area contributed by atoms with E-state index in [1.165, 1.54) is 0 Å². The van der Waals surface area contributed by atoms with Crippen LogP contribution in [0.2, 0.25) is 0 Å². The highest BCUT2D eigenvalue weighted by molar-refractivity contribution is 5.40. The van der Waals surface area contributed by atoms with Crippen molar-refractivity contribution in [1.82, 2.24) is 9.97 Å². The van der Waals surface area contributed by atoms with Crippen molar-refractivity contribution in [3.63, 3.8) is 0 Å². The molecule has 2 heterocycles. The van der Waals surface area contributed by atoms with Crippen molar-refractivity contribution in [2.24, 2.45) is 0 Å². The lowest BCUT2D eigenvalue weighted by atomic mass is 10.2. The van der Waals surface area contributed by atoms with Crippen molar-refractivity contribution < 1.29 is 0 Å². The van der Waals surface area contributed by atoms with Crippen molar-refractivity contribution in [1.29, 1.82) is 0 Å². The summed E-state index contributed by atoms with van der Waals surface area (Å²) in [6.07, 6.45) is 6.93. The Labute approximate surface area is 96.4 Å². The minimum absolute atomic E-state index is 0.969. The summed E-state index contributed by atoms with van der Waals surface area (Å²) in [6.45, 7) is 4.00. The van der Waals surface area contributed by atoms with E-state index in [4.69, 9.17) is 0 Å². The highest BCUT2D eigenvalue weighted by atomic mass is 14.6. The maximum absolute atomic E-state index is 3.92. The molecule has 2 aromatic heterocycles. The first-order chi connectivity index (χ1) is 7.95. The number of pyridine rings is 2. The minimum atomic E-state index is 0.969. The van der Waals surface area contributed by atoms with Crippen molar-refractivity contribution in [3.05, 3.63) is 60.2 Å². The second-order valence-corrected chi connectivity index (χ2v) is 2.72. The fraction of sp³-hybridized carbons (Fsp3) is 0.143. The molecule has 0 aliphatic heterocycles. The van der Waals surface area contributed by atoms with E-state index in [1.54, 1.807) is 24.8 Å². The number of aromatic nitrogens is 2. The van der Waals surface area contributed by atoms with Gasteiger partial charge in [-0.05, 0) is 24.3 Å². The third kappa shape index (κ3) is 3.93. The van der Waals surface area contributed by atoms with Crippen LogP contribution in [0.4, 0.5) is 0 Å². The molecule has 0 saturated heterocycles. The molecule has 0 amide bonds. The summed E-state index contributed by atoms with van der Waals surface area (Å²) in [5.41, 5.74) is 1.94. The molecule has 0 N–H and O–H groups in total. The molecule has 0 bridgehead atoms. The topological polar surface area (TPSA) is 25.8 Å². The molecule has 0 atom stereocenters. The largest absolute Gasteiger partial charge is 0.265 e. The Morgan fingerprint density at radius 1 is 0.688 bits per heavy atom. The van der Waals surface area contributed by atoms with E-state index in [9.17, 15) is 0 Å². The molecule has 0 radical (unpaired) electrons. The monoisotopic (exact) mass is 210 g/mol. The van der Waals surface area contributed by atoms with Crippen LogP contribution in [0.3, 0.4) is 0 Å². The molecule has 0 spiro atoms. The number of hydrogen-bond acceptors (Lipinski definition) is 2. The van der Waals surface area contributed by atoms with Crippen LogP contribution in [0.15, 0.2) is 49.1 Å². The van der Waals surface area contributed by atoms with E-state index < -0.39 is 0 Å². The number of rotatable bonds is 0. The van der Waals surface area contributed by atoms with Gasteiger partial charge < -0.3 is 0 Å². The first kappa shape index (κ1) is 11.9. The average molecular weight is 210 g/mol. The molecule has 16 heavy (non-hydrogen) atoms. The molecule has 0 aliphatic rings. The van der Waals surface area contributed by atoms with Gasteiger partial charge >= 0.3 is 0 Å². The molecule has 2 heteroatoms. The zero-order valence-electron chi connectivity index (χ0n) is 9.51. The second kappa shape index (κ2) is 7.19. The van der Waals surface area contributed by atoms with Gasteiger partial charge in [0.2, 0.25) is 0 Å². The molecule has 2 aromatic rings. The molecule has 0 fully saturated rings. The van der Waals surface area contributed by atoms with Gasteiger partial charge in [0.05, 0.1) is 0 Å². The second-order valence-electron chi connectivity index (χ2n) is 2.72. The number of nitrogens with zero attached hydrogens (tertiary/aromatic N) is 2. The summed E-state index contributed by atoms with van der Waals surface area (Å²) >= 11 is 0. The van der Waals surface area contributed by atoms with Crippen molar-refractivity contribution in [2.45, 2.75) is 13.8 Å². The molecule has 80 valence electrons. The first-order valence-corrected chi connectivity index (χ1v) is 5.27. The average Bonchev–Trinajstić information content (AvgIpc) is 2.41. The maximum atomic E-state index is 3.92. The Kier molecular flexibility index (Phi) is 5.36. The zero-order chi connectivity index (χ0) is 11.6. The van der Waals surface area contributed by atoms with Crippen molar-refractivity contribution in [2.75, 3.05) is 0 Å². The van der Waals surface area contributed by atoms with Crippen LogP contribution in [0, 0.1) is 11.8 Å². The van der Waals surface area contributed by atoms with Crippen LogP contribution in [-0.4, -0.2) is 9.97 Å². The fourth-order valence-corrected chi connectivity index (χ4v) is 1.01. The Morgan fingerprint density at radius 3 is 1.31 bits per heavy atom. The summed E-state index contributed by atoms with van der Waals surface area (Å²) in [6, 6.07) is 7.53. The lowest BCUT2D eigenvalue weighted by Crippen LogP contribution is -1.76. The Balaban J connectivity index is 0.000000606. The third-order valence-electron chi connectivity index (χ3n) is 1.71. The lowest BCUT2D eigenvalue weighted by molar-refractivity contribution is 1.32. The van der Waals surface area contributed by atoms with Gasteiger partial charge in [0, 0.05) is 35.9 Å². The van der Waals surface area contributed by atoms with Crippen LogP contribution in [0.5, 0.6) is 0 Å². The predicted molar refractivity (Wildman–Crippen MR) is 65.8 cm³/mol. The summed E-state index contributed by atoms with van der Waals surface area (Å²) in [7, 11) is 0. The summed E-state index contributed by atoms with van der Waals surface area (Å²) in [4.78, 5) is 7.85. The molecular weight excluding hydrogens is 196 g/mol. The van der Waals surface area contributed by atoms with Gasteiger partial charge in [-0.2, -0.15) is 0 Å². The van der Waals surface area contributed by atoms with E-state index in [-0.39, 0.29) is 0 Å². The fourth-order valence-electron chi connectivity index (χ4n) is 1.01. The van der Waals surface area contributed by atoms with Crippen LogP contribution >= 0.6 is 0 Å². The lowest BCUT2D eigenvalue weighted by Gasteiger charge is -1.87. The van der Waals surface area contributed by atoms with Gasteiger partial charge in [-0.1, -0.05) is 25.7 Å². The number of hydrogen-bond donors (Lipinski definition) is 0. The maximum Gasteiger partial charge on any atom is 0.0280 e. The smallest absolute Gasteiger partial charge is 0.0280 e. The Bertz CT molecular complexity index is 409. The highest BCUT2D eigenvalue weighted by Gasteiger charge is 1.84. The third-order valence-corrected chi connectivity index (χ3v) is 1.71. The van der Waals surface area contributed by atoms with E-state index in [2.05, 4.69) is 21.8 Å². The van der Waals surface area contributed by atoms with Crippen LogP contribution in [0.1, 0.15) is 25.0 Å². The molecule has 0 saturated carbocycles. The van der Waals surface area contributed by atoms with E-state index in [0.29, 0.717) is 0 Å². The van der Waals surface area contributed by atoms with Gasteiger partial charge in [0.25, 0.3) is 0 Å². The van der Waals surface area contributed by atoms with Crippen molar-refractivity contribution in [3.8, 4) is 11.8 Å². The van der Waals surface area contributed by atoms with E-state index in [0.717, 1.165) is 11.1 Å². The van der Waals surface area contributed by atoms with E-state index in [1.807, 2.05) is 38.1 Å². The van der Waals surface area contributed by atoms with Crippen LogP contribution in [0.25, 0.3) is 0 Å². The Hall–Kier alpha value is -2.14. The first-order valence-electron chi connectivity index (χ1n) is 5.27. The normalized spacial score (nSPS) is 8.12. The molecule has 0 aliphatic carbocycles. The summed E-state index contributed by atoms with van der Waals surface area (Å²) in [5, 5.41) is 0. The zero-order valence-corrected chi connectivity index (χ0v) is 9.51. The van der Waals surface area contributed by atoms with Crippen LogP contribution in [-0.2, 0) is 0 Å². The molecule has 0 aromatic carbocycles. The van der Waals surface area contributed by atoms with Gasteiger partial charge in [-0.25, -0.2) is 0 Å². The quantitative estimate of drug-likeness (QED) is 0.625. The van der Waals surface area contributed by atoms with E-state index >= 15 is 0 Å². The summed E-state index contributed by atoms with van der Waals surface area (Å²) < 4.78 is 0. The van der Waals surface area contributed by atoms with Gasteiger partial charge in [-0.15, -0.1) is 0 Å². The molecule has 2 nitrogen and oxygen atoms in total. The van der Waals surface area contributed by atoms with Gasteiger partial charge in [0.15, 0.2) is 0 Å². The minimum Gasteiger partial charge on any atom is -0.265 e. The van der Waals surface area contributed by atoms with Crippen LogP contribution < -0.4 is 0 Å². The van der Waals surface area contributed by atoms with Crippen molar-refractivity contribution >= 4 is 0 Å².